The van der Waals surface area contributed by atoms with Crippen LogP contribution in [0.4, 0.5) is 5.69 Å². The summed E-state index contributed by atoms with van der Waals surface area (Å²) in [5, 5.41) is 17.2. The Morgan fingerprint density at radius 1 is 1.15 bits per heavy atom. The summed E-state index contributed by atoms with van der Waals surface area (Å²) >= 11 is 22.9. The Balaban J connectivity index is 2.65. The molecule has 0 aliphatic carbocycles. The minimum Gasteiger partial charge on any atom is -0.478 e. The van der Waals surface area contributed by atoms with E-state index in [1.54, 1.807) is 12.1 Å². The predicted molar refractivity (Wildman–Crippen MR) is 109 cm³/mol. The molecule has 0 saturated carbocycles. The van der Waals surface area contributed by atoms with Gasteiger partial charge in [-0.25, -0.2) is 4.79 Å². The molecule has 6 nitrogen and oxygen atoms in total. The summed E-state index contributed by atoms with van der Waals surface area (Å²) in [4.78, 5) is 22.8. The van der Waals surface area contributed by atoms with Crippen LogP contribution in [0.1, 0.15) is 43.0 Å². The lowest BCUT2D eigenvalue weighted by molar-refractivity contribution is -0.122. The zero-order chi connectivity index (χ0) is 19.7. The van der Waals surface area contributed by atoms with Crippen molar-refractivity contribution in [2.75, 3.05) is 5.32 Å². The SMILES string of the molecule is CCCCCC(=O)NC(NC(=S)Nc1ccc(C(=O)O)cc1)C(Cl)(Cl)Cl. The fourth-order valence-corrected chi connectivity index (χ4v) is 2.53. The lowest BCUT2D eigenvalue weighted by Gasteiger charge is -2.27. The van der Waals surface area contributed by atoms with Gasteiger partial charge in [-0.1, -0.05) is 54.6 Å². The number of hydrogen-bond acceptors (Lipinski definition) is 3. The molecule has 0 spiro atoms. The van der Waals surface area contributed by atoms with Crippen molar-refractivity contribution in [2.24, 2.45) is 0 Å². The number of rotatable bonds is 8. The van der Waals surface area contributed by atoms with E-state index in [1.165, 1.54) is 12.1 Å². The second-order valence-electron chi connectivity index (χ2n) is 5.48. The number of alkyl halides is 3. The predicted octanol–water partition coefficient (Wildman–Crippen LogP) is 4.06. The van der Waals surface area contributed by atoms with Crippen molar-refractivity contribution < 1.29 is 14.7 Å². The lowest BCUT2D eigenvalue weighted by Crippen LogP contribution is -2.56. The van der Waals surface area contributed by atoms with Crippen molar-refractivity contribution in [1.82, 2.24) is 10.6 Å². The number of halogens is 3. The fourth-order valence-electron chi connectivity index (χ4n) is 1.96. The first-order chi connectivity index (χ1) is 12.1. The topological polar surface area (TPSA) is 90.5 Å². The highest BCUT2D eigenvalue weighted by Gasteiger charge is 2.34. The highest BCUT2D eigenvalue weighted by Crippen LogP contribution is 2.29. The smallest absolute Gasteiger partial charge is 0.335 e. The Labute approximate surface area is 172 Å². The molecule has 0 saturated heterocycles. The minimum atomic E-state index is -1.82. The number of aromatic carboxylic acids is 1. The molecule has 0 aliphatic rings. The molecule has 1 unspecified atom stereocenters. The number of carboxylic acid groups (broad SMARTS) is 1. The monoisotopic (exact) mass is 439 g/mol. The van der Waals surface area contributed by atoms with Crippen LogP contribution in [0.5, 0.6) is 0 Å². The Kier molecular flexibility index (Phi) is 9.43. The van der Waals surface area contributed by atoms with Crippen molar-refractivity contribution in [1.29, 1.82) is 0 Å². The van der Waals surface area contributed by atoms with Gasteiger partial charge in [-0.15, -0.1) is 0 Å². The van der Waals surface area contributed by atoms with Crippen LogP contribution in [0.3, 0.4) is 0 Å². The van der Waals surface area contributed by atoms with Crippen molar-refractivity contribution in [3.05, 3.63) is 29.8 Å². The van der Waals surface area contributed by atoms with Gasteiger partial charge >= 0.3 is 5.97 Å². The van der Waals surface area contributed by atoms with Crippen molar-refractivity contribution in [3.63, 3.8) is 0 Å². The summed E-state index contributed by atoms with van der Waals surface area (Å²) in [6.45, 7) is 2.04. The number of benzene rings is 1. The second-order valence-corrected chi connectivity index (χ2v) is 8.26. The first kappa shape index (κ1) is 22.8. The second kappa shape index (κ2) is 10.8. The Morgan fingerprint density at radius 2 is 1.77 bits per heavy atom. The van der Waals surface area contributed by atoms with Gasteiger partial charge in [-0.3, -0.25) is 4.79 Å². The number of anilines is 1. The van der Waals surface area contributed by atoms with E-state index in [-0.39, 0.29) is 16.6 Å². The third-order valence-corrected chi connectivity index (χ3v) is 4.18. The van der Waals surface area contributed by atoms with Gasteiger partial charge in [0, 0.05) is 12.1 Å². The van der Waals surface area contributed by atoms with Crippen LogP contribution in [0.25, 0.3) is 0 Å². The average molecular weight is 441 g/mol. The Hall–Kier alpha value is -1.28. The standard InChI is InChI=1S/C16H20Cl3N3O3S/c1-2-3-4-5-12(23)21-14(16(17,18)19)22-15(26)20-11-8-6-10(7-9-11)13(24)25/h6-9,14H,2-5H2,1H3,(H,21,23)(H,24,25)(H2,20,22,26). The van der Waals surface area contributed by atoms with E-state index in [0.29, 0.717) is 12.1 Å². The maximum absolute atomic E-state index is 12.0. The molecule has 1 atom stereocenters. The van der Waals surface area contributed by atoms with Crippen LogP contribution < -0.4 is 16.0 Å². The molecule has 0 heterocycles. The molecular formula is C16H20Cl3N3O3S. The van der Waals surface area contributed by atoms with Crippen molar-refractivity contribution in [2.45, 2.75) is 42.6 Å². The van der Waals surface area contributed by atoms with E-state index in [9.17, 15) is 9.59 Å². The third kappa shape index (κ3) is 8.40. The van der Waals surface area contributed by atoms with Gasteiger partial charge in [0.15, 0.2) is 5.11 Å². The van der Waals surface area contributed by atoms with Gasteiger partial charge in [0.05, 0.1) is 5.56 Å². The van der Waals surface area contributed by atoms with Gasteiger partial charge in [0.2, 0.25) is 9.70 Å². The first-order valence-electron chi connectivity index (χ1n) is 7.90. The number of hydrogen-bond donors (Lipinski definition) is 4. The molecule has 10 heteroatoms. The number of unbranched alkanes of at least 4 members (excludes halogenated alkanes) is 2. The molecule has 0 bridgehead atoms. The number of thiocarbonyl (C=S) groups is 1. The van der Waals surface area contributed by atoms with Gasteiger partial charge in [0.1, 0.15) is 6.17 Å². The van der Waals surface area contributed by atoms with Crippen LogP contribution in [-0.4, -0.2) is 32.1 Å². The number of carbonyl (C=O) groups is 2. The van der Waals surface area contributed by atoms with Crippen LogP contribution >= 0.6 is 47.0 Å². The van der Waals surface area contributed by atoms with Gasteiger partial charge in [0.25, 0.3) is 0 Å². The molecule has 4 N–H and O–H groups in total. The van der Waals surface area contributed by atoms with Crippen molar-refractivity contribution >= 4 is 69.7 Å². The highest BCUT2D eigenvalue weighted by atomic mass is 35.6. The highest BCUT2D eigenvalue weighted by molar-refractivity contribution is 7.80. The average Bonchev–Trinajstić information content (AvgIpc) is 2.54. The number of carbonyl (C=O) groups excluding carboxylic acids is 1. The van der Waals surface area contributed by atoms with E-state index in [2.05, 4.69) is 16.0 Å². The fraction of sp³-hybridized carbons (Fsp3) is 0.438. The van der Waals surface area contributed by atoms with Crippen LogP contribution in [-0.2, 0) is 4.79 Å². The lowest BCUT2D eigenvalue weighted by atomic mass is 10.2. The number of amides is 1. The van der Waals surface area contributed by atoms with Crippen LogP contribution in [0, 0.1) is 0 Å². The van der Waals surface area contributed by atoms with Gasteiger partial charge in [-0.2, -0.15) is 0 Å². The molecule has 1 rings (SSSR count). The molecule has 26 heavy (non-hydrogen) atoms. The molecule has 0 aliphatic heterocycles. The third-order valence-electron chi connectivity index (χ3n) is 3.31. The van der Waals surface area contributed by atoms with Crippen molar-refractivity contribution in [3.8, 4) is 0 Å². The molecule has 0 aromatic heterocycles. The zero-order valence-corrected chi connectivity index (χ0v) is 17.1. The quantitative estimate of drug-likeness (QED) is 0.211. The van der Waals surface area contributed by atoms with E-state index in [4.69, 9.17) is 52.1 Å². The molecule has 1 aromatic carbocycles. The molecule has 0 fully saturated rings. The number of carboxylic acids is 1. The maximum Gasteiger partial charge on any atom is 0.335 e. The van der Waals surface area contributed by atoms with Crippen LogP contribution in [0.15, 0.2) is 24.3 Å². The van der Waals surface area contributed by atoms with Gasteiger partial charge < -0.3 is 21.1 Å². The van der Waals surface area contributed by atoms with Crippen LogP contribution in [0.2, 0.25) is 0 Å². The molecule has 0 radical (unpaired) electrons. The Bertz CT molecular complexity index is 636. The van der Waals surface area contributed by atoms with E-state index >= 15 is 0 Å². The molecule has 144 valence electrons. The largest absolute Gasteiger partial charge is 0.478 e. The van der Waals surface area contributed by atoms with E-state index in [0.717, 1.165) is 19.3 Å². The number of nitrogens with one attached hydrogen (secondary N) is 3. The van der Waals surface area contributed by atoms with E-state index < -0.39 is 15.9 Å². The summed E-state index contributed by atoms with van der Waals surface area (Å²) in [5.41, 5.74) is 0.692. The summed E-state index contributed by atoms with van der Waals surface area (Å²) < 4.78 is -1.82. The Morgan fingerprint density at radius 3 is 2.27 bits per heavy atom. The van der Waals surface area contributed by atoms with Gasteiger partial charge in [-0.05, 0) is 42.9 Å². The summed E-state index contributed by atoms with van der Waals surface area (Å²) in [5.74, 6) is -1.28. The van der Waals surface area contributed by atoms with E-state index in [1.807, 2.05) is 6.92 Å². The summed E-state index contributed by atoms with van der Waals surface area (Å²) in [6, 6.07) is 5.95. The zero-order valence-electron chi connectivity index (χ0n) is 14.0. The summed E-state index contributed by atoms with van der Waals surface area (Å²) in [6.07, 6.45) is 1.97. The molecule has 1 aromatic rings. The molecule has 1 amide bonds. The first-order valence-corrected chi connectivity index (χ1v) is 9.44. The normalized spacial score (nSPS) is 12.2. The maximum atomic E-state index is 12.0. The molecular weight excluding hydrogens is 421 g/mol. The minimum absolute atomic E-state index is 0.109. The summed E-state index contributed by atoms with van der Waals surface area (Å²) in [7, 11) is 0.